The highest BCUT2D eigenvalue weighted by Crippen LogP contribution is 2.28. The van der Waals surface area contributed by atoms with Crippen LogP contribution in [-0.2, 0) is 9.57 Å². The number of anilines is 1. The van der Waals surface area contributed by atoms with Gasteiger partial charge in [0, 0.05) is 12.3 Å². The topological polar surface area (TPSA) is 156 Å². The van der Waals surface area contributed by atoms with E-state index in [0.717, 1.165) is 4.57 Å². The highest BCUT2D eigenvalue weighted by atomic mass is 16.7. The van der Waals surface area contributed by atoms with Gasteiger partial charge in [-0.2, -0.15) is 10.5 Å². The number of nitrogens with one attached hydrogen (secondary N) is 1. The quantitative estimate of drug-likeness (QED) is 0.473. The molecule has 0 radical (unpaired) electrons. The Morgan fingerprint density at radius 1 is 1.36 bits per heavy atom. The number of aliphatic hydroxyl groups excluding tert-OH is 3. The molecule has 25 heavy (non-hydrogen) atoms. The molecule has 0 saturated carbocycles. The van der Waals surface area contributed by atoms with Crippen LogP contribution >= 0.6 is 0 Å². The molecule has 1 fully saturated rings. The zero-order valence-electron chi connectivity index (χ0n) is 12.7. The minimum absolute atomic E-state index is 0.0349. The molecule has 11 nitrogen and oxygen atoms in total. The Balaban J connectivity index is 1.69. The van der Waals surface area contributed by atoms with Crippen molar-refractivity contribution >= 4 is 11.8 Å². The fourth-order valence-electron chi connectivity index (χ4n) is 2.32. The second-order valence-corrected chi connectivity index (χ2v) is 5.20. The highest BCUT2D eigenvalue weighted by molar-refractivity contribution is 5.86. The van der Waals surface area contributed by atoms with E-state index in [0.29, 0.717) is 0 Å². The largest absolute Gasteiger partial charge is 0.457 e. The van der Waals surface area contributed by atoms with Crippen LogP contribution in [0.15, 0.2) is 39.9 Å². The van der Waals surface area contributed by atoms with Crippen LogP contribution in [0.4, 0.5) is 5.82 Å². The lowest BCUT2D eigenvalue weighted by Gasteiger charge is -2.17. The smallest absolute Gasteiger partial charge is 0.398 e. The lowest BCUT2D eigenvalue weighted by Crippen LogP contribution is -2.36. The lowest BCUT2D eigenvalue weighted by atomic mass is 10.1. The number of aromatic nitrogens is 2. The van der Waals surface area contributed by atoms with Gasteiger partial charge < -0.3 is 29.3 Å². The van der Waals surface area contributed by atoms with Gasteiger partial charge in [-0.1, -0.05) is 0 Å². The summed E-state index contributed by atoms with van der Waals surface area (Å²) in [5.41, 5.74) is 1.38. The summed E-state index contributed by atoms with van der Waals surface area (Å²) in [6.45, 7) is -0.515. The summed E-state index contributed by atoms with van der Waals surface area (Å²) in [5.74, 6) is -0.903. The minimum Gasteiger partial charge on any atom is -0.457 e. The Labute approximate surface area is 140 Å². The maximum atomic E-state index is 12.1. The van der Waals surface area contributed by atoms with E-state index in [2.05, 4.69) is 10.5 Å². The van der Waals surface area contributed by atoms with Gasteiger partial charge in [0.15, 0.2) is 12.0 Å². The van der Waals surface area contributed by atoms with Crippen molar-refractivity contribution in [2.24, 2.45) is 0 Å². The molecule has 0 aliphatic carbocycles. The van der Waals surface area contributed by atoms with Crippen molar-refractivity contribution in [2.45, 2.75) is 24.5 Å². The Morgan fingerprint density at radius 3 is 2.76 bits per heavy atom. The molecule has 4 N–H and O–H groups in total. The zero-order chi connectivity index (χ0) is 18.0. The van der Waals surface area contributed by atoms with Crippen LogP contribution < -0.4 is 11.2 Å². The summed E-state index contributed by atoms with van der Waals surface area (Å²) in [5, 5.41) is 28.7. The third kappa shape index (κ3) is 3.39. The third-order valence-corrected chi connectivity index (χ3v) is 3.59. The van der Waals surface area contributed by atoms with Gasteiger partial charge in [-0.15, -0.1) is 0 Å². The summed E-state index contributed by atoms with van der Waals surface area (Å²) in [4.78, 5) is 32.0. The van der Waals surface area contributed by atoms with Crippen molar-refractivity contribution < 1.29 is 34.1 Å². The van der Waals surface area contributed by atoms with E-state index in [4.69, 9.17) is 19.1 Å². The monoisotopic (exact) mass is 353 g/mol. The molecule has 1 aliphatic heterocycles. The second kappa shape index (κ2) is 7.03. The molecule has 2 aromatic heterocycles. The van der Waals surface area contributed by atoms with Gasteiger partial charge in [0.05, 0.1) is 12.9 Å². The van der Waals surface area contributed by atoms with Crippen molar-refractivity contribution in [3.05, 3.63) is 46.9 Å². The predicted molar refractivity (Wildman–Crippen MR) is 79.3 cm³/mol. The lowest BCUT2D eigenvalue weighted by molar-refractivity contribution is -0.0549. The molecular formula is C14H15N3O8. The molecule has 3 heterocycles. The molecule has 1 saturated heterocycles. The summed E-state index contributed by atoms with van der Waals surface area (Å²) >= 11 is 0. The Morgan fingerprint density at radius 2 is 2.16 bits per heavy atom. The Kier molecular flexibility index (Phi) is 4.81. The first kappa shape index (κ1) is 17.1. The van der Waals surface area contributed by atoms with E-state index in [1.165, 1.54) is 30.7 Å². The number of furan rings is 1. The van der Waals surface area contributed by atoms with Gasteiger partial charge >= 0.3 is 11.7 Å². The van der Waals surface area contributed by atoms with Gasteiger partial charge in [0.25, 0.3) is 0 Å². The van der Waals surface area contributed by atoms with E-state index in [9.17, 15) is 19.8 Å². The molecule has 134 valence electrons. The molecule has 1 aliphatic rings. The fourth-order valence-corrected chi connectivity index (χ4v) is 2.32. The maximum absolute atomic E-state index is 12.1. The SMILES string of the molecule is O=C(ONc1ccn([C@@H]2O[C@H](CO)[C@@H](O)[C@H]2O)c(=O)n1)c1ccco1. The molecular weight excluding hydrogens is 338 g/mol. The molecule has 0 aromatic carbocycles. The summed E-state index contributed by atoms with van der Waals surface area (Å²) in [7, 11) is 0. The molecule has 0 amide bonds. The Bertz CT molecular complexity index is 790. The van der Waals surface area contributed by atoms with Crippen LogP contribution in [0.3, 0.4) is 0 Å². The standard InChI is InChI=1S/C14H15N3O8/c18-6-8-10(19)11(20)12(24-8)17-4-3-9(15-14(17)22)16-25-13(21)7-2-1-5-23-7/h1-5,8,10-12,18-20H,6H2,(H,15,16,22)/t8-,10-,11-,12-/m1/s1. The van der Waals surface area contributed by atoms with Gasteiger partial charge in [-0.3, -0.25) is 4.57 Å². The normalized spacial score (nSPS) is 25.7. The van der Waals surface area contributed by atoms with Crippen LogP contribution in [-0.4, -0.2) is 55.8 Å². The minimum atomic E-state index is -1.41. The van der Waals surface area contributed by atoms with Crippen molar-refractivity contribution in [3.8, 4) is 0 Å². The Hall–Kier alpha value is -2.73. The molecule has 0 unspecified atom stereocenters. The summed E-state index contributed by atoms with van der Waals surface area (Å²) < 4.78 is 11.0. The number of carbonyl (C=O) groups is 1. The molecule has 0 bridgehead atoms. The van der Waals surface area contributed by atoms with E-state index in [1.807, 2.05) is 0 Å². The third-order valence-electron chi connectivity index (χ3n) is 3.59. The molecule has 4 atom stereocenters. The van der Waals surface area contributed by atoms with Gasteiger partial charge in [-0.25, -0.2) is 9.59 Å². The average molecular weight is 353 g/mol. The average Bonchev–Trinajstić information content (AvgIpc) is 3.23. The number of nitrogens with zero attached hydrogens (tertiary/aromatic N) is 2. The number of ether oxygens (including phenoxy) is 1. The number of carbonyl (C=O) groups excluding carboxylic acids is 1. The first-order chi connectivity index (χ1) is 12.0. The molecule has 3 rings (SSSR count). The molecule has 0 spiro atoms. The number of rotatable bonds is 5. The van der Waals surface area contributed by atoms with E-state index < -0.39 is 42.8 Å². The highest BCUT2D eigenvalue weighted by Gasteiger charge is 2.43. The van der Waals surface area contributed by atoms with E-state index >= 15 is 0 Å². The van der Waals surface area contributed by atoms with E-state index in [1.54, 1.807) is 0 Å². The van der Waals surface area contributed by atoms with Gasteiger partial charge in [0.1, 0.15) is 18.3 Å². The number of hydrogen-bond acceptors (Lipinski definition) is 10. The maximum Gasteiger partial charge on any atom is 0.398 e. The molecule has 11 heteroatoms. The first-order valence-corrected chi connectivity index (χ1v) is 7.23. The van der Waals surface area contributed by atoms with Gasteiger partial charge in [-0.05, 0) is 12.1 Å². The number of hydrogen-bond donors (Lipinski definition) is 4. The predicted octanol–water partition coefficient (Wildman–Crippen LogP) is -1.37. The second-order valence-electron chi connectivity index (χ2n) is 5.20. The van der Waals surface area contributed by atoms with Crippen molar-refractivity contribution in [2.75, 3.05) is 12.1 Å². The van der Waals surface area contributed by atoms with Crippen LogP contribution in [0.5, 0.6) is 0 Å². The van der Waals surface area contributed by atoms with Crippen LogP contribution in [0, 0.1) is 0 Å². The fraction of sp³-hybridized carbons (Fsp3) is 0.357. The van der Waals surface area contributed by atoms with Gasteiger partial charge in [0.2, 0.25) is 5.76 Å². The van der Waals surface area contributed by atoms with Crippen molar-refractivity contribution in [1.82, 2.24) is 9.55 Å². The summed E-state index contributed by atoms with van der Waals surface area (Å²) in [6.07, 6.45) is -2.43. The van der Waals surface area contributed by atoms with Crippen molar-refractivity contribution in [3.63, 3.8) is 0 Å². The first-order valence-electron chi connectivity index (χ1n) is 7.23. The van der Waals surface area contributed by atoms with Crippen LogP contribution in [0.2, 0.25) is 0 Å². The van der Waals surface area contributed by atoms with Crippen LogP contribution in [0.25, 0.3) is 0 Å². The van der Waals surface area contributed by atoms with Crippen LogP contribution in [0.1, 0.15) is 16.8 Å². The summed E-state index contributed by atoms with van der Waals surface area (Å²) in [6, 6.07) is 4.21. The zero-order valence-corrected chi connectivity index (χ0v) is 12.7. The van der Waals surface area contributed by atoms with Crippen molar-refractivity contribution in [1.29, 1.82) is 0 Å². The van der Waals surface area contributed by atoms with E-state index in [-0.39, 0.29) is 11.6 Å². The number of aliphatic hydroxyl groups is 3. The molecule has 2 aromatic rings.